The highest BCUT2D eigenvalue weighted by Crippen LogP contribution is 2.22. The highest BCUT2D eigenvalue weighted by molar-refractivity contribution is 5.94. The summed E-state index contributed by atoms with van der Waals surface area (Å²) in [5.74, 6) is 0.835. The number of ketones is 1. The number of rotatable bonds is 7. The van der Waals surface area contributed by atoms with Gasteiger partial charge in [-0.05, 0) is 51.3 Å². The standard InChI is InChI=1S/C17H24O4/c1-3-20-17-8-7-14(13(2)18)10-15(17)11-19-12-16-6-4-5-9-21-16/h7-8,10,16H,3-6,9,11-12H2,1-2H3. The summed E-state index contributed by atoms with van der Waals surface area (Å²) in [6.45, 7) is 5.97. The van der Waals surface area contributed by atoms with Crippen molar-refractivity contribution in [3.8, 4) is 5.75 Å². The Balaban J connectivity index is 1.95. The van der Waals surface area contributed by atoms with E-state index in [9.17, 15) is 4.79 Å². The maximum Gasteiger partial charge on any atom is 0.159 e. The molecule has 4 nitrogen and oxygen atoms in total. The van der Waals surface area contributed by atoms with E-state index in [0.29, 0.717) is 25.4 Å². The van der Waals surface area contributed by atoms with Crippen LogP contribution in [0.1, 0.15) is 49.0 Å². The minimum Gasteiger partial charge on any atom is -0.494 e. The van der Waals surface area contributed by atoms with E-state index in [2.05, 4.69) is 0 Å². The van der Waals surface area contributed by atoms with E-state index in [4.69, 9.17) is 14.2 Å². The minimum absolute atomic E-state index is 0.0508. The quantitative estimate of drug-likeness (QED) is 0.723. The lowest BCUT2D eigenvalue weighted by Crippen LogP contribution is -2.24. The van der Waals surface area contributed by atoms with Crippen molar-refractivity contribution >= 4 is 5.78 Å². The van der Waals surface area contributed by atoms with Gasteiger partial charge in [0.2, 0.25) is 0 Å². The fraction of sp³-hybridized carbons (Fsp3) is 0.588. The van der Waals surface area contributed by atoms with E-state index in [1.54, 1.807) is 13.0 Å². The lowest BCUT2D eigenvalue weighted by molar-refractivity contribution is -0.0450. The number of carbonyl (C=O) groups is 1. The minimum atomic E-state index is 0.0508. The lowest BCUT2D eigenvalue weighted by Gasteiger charge is -2.22. The van der Waals surface area contributed by atoms with E-state index >= 15 is 0 Å². The second kappa shape index (κ2) is 8.15. The van der Waals surface area contributed by atoms with Gasteiger partial charge in [-0.3, -0.25) is 4.79 Å². The van der Waals surface area contributed by atoms with Crippen molar-refractivity contribution in [2.24, 2.45) is 0 Å². The summed E-state index contributed by atoms with van der Waals surface area (Å²) in [6, 6.07) is 5.49. The summed E-state index contributed by atoms with van der Waals surface area (Å²) >= 11 is 0. The fourth-order valence-electron chi connectivity index (χ4n) is 2.45. The Morgan fingerprint density at radius 2 is 2.24 bits per heavy atom. The van der Waals surface area contributed by atoms with Crippen molar-refractivity contribution in [3.63, 3.8) is 0 Å². The van der Waals surface area contributed by atoms with Crippen molar-refractivity contribution in [1.29, 1.82) is 0 Å². The third-order valence-corrected chi connectivity index (χ3v) is 3.60. The predicted octanol–water partition coefficient (Wildman–Crippen LogP) is 3.37. The molecule has 4 heteroatoms. The molecule has 0 radical (unpaired) electrons. The molecule has 0 bridgehead atoms. The maximum atomic E-state index is 11.5. The van der Waals surface area contributed by atoms with Crippen LogP contribution >= 0.6 is 0 Å². The van der Waals surface area contributed by atoms with E-state index in [-0.39, 0.29) is 11.9 Å². The molecule has 1 saturated heterocycles. The largest absolute Gasteiger partial charge is 0.494 e. The maximum absolute atomic E-state index is 11.5. The molecule has 1 aromatic carbocycles. The van der Waals surface area contributed by atoms with Crippen LogP contribution in [0.15, 0.2) is 18.2 Å². The topological polar surface area (TPSA) is 44.8 Å². The lowest BCUT2D eigenvalue weighted by atomic mass is 10.1. The number of ether oxygens (including phenoxy) is 3. The third kappa shape index (κ3) is 4.83. The number of benzene rings is 1. The van der Waals surface area contributed by atoms with Crippen molar-refractivity contribution < 1.29 is 19.0 Å². The Bertz CT molecular complexity index is 464. The van der Waals surface area contributed by atoms with Gasteiger partial charge in [0, 0.05) is 17.7 Å². The second-order valence-corrected chi connectivity index (χ2v) is 5.32. The highest BCUT2D eigenvalue weighted by Gasteiger charge is 2.14. The molecule has 21 heavy (non-hydrogen) atoms. The zero-order chi connectivity index (χ0) is 15.1. The van der Waals surface area contributed by atoms with Gasteiger partial charge in [0.15, 0.2) is 5.78 Å². The zero-order valence-electron chi connectivity index (χ0n) is 12.9. The summed E-state index contributed by atoms with van der Waals surface area (Å²) in [6.07, 6.45) is 3.61. The van der Waals surface area contributed by atoms with E-state index < -0.39 is 0 Å². The van der Waals surface area contributed by atoms with Gasteiger partial charge in [-0.1, -0.05) is 0 Å². The van der Waals surface area contributed by atoms with Crippen LogP contribution in [-0.4, -0.2) is 31.7 Å². The molecular weight excluding hydrogens is 268 g/mol. The predicted molar refractivity (Wildman–Crippen MR) is 80.9 cm³/mol. The average molecular weight is 292 g/mol. The molecule has 0 amide bonds. The van der Waals surface area contributed by atoms with Gasteiger partial charge in [0.1, 0.15) is 5.75 Å². The van der Waals surface area contributed by atoms with Crippen LogP contribution in [0, 0.1) is 0 Å². The molecule has 0 aliphatic carbocycles. The molecule has 1 heterocycles. The molecule has 1 atom stereocenters. The molecule has 0 spiro atoms. The van der Waals surface area contributed by atoms with Crippen LogP contribution in [-0.2, 0) is 16.1 Å². The van der Waals surface area contributed by atoms with Crippen LogP contribution in [0.2, 0.25) is 0 Å². The number of Topliss-reactive ketones (excluding diaryl/α,β-unsaturated/α-hetero) is 1. The monoisotopic (exact) mass is 292 g/mol. The van der Waals surface area contributed by atoms with Crippen molar-refractivity contribution in [2.45, 2.75) is 45.8 Å². The van der Waals surface area contributed by atoms with Crippen LogP contribution in [0.5, 0.6) is 5.75 Å². The molecule has 1 aliphatic heterocycles. The molecule has 1 aliphatic rings. The summed E-state index contributed by atoms with van der Waals surface area (Å²) in [5.41, 5.74) is 1.60. The molecular formula is C17H24O4. The van der Waals surface area contributed by atoms with Crippen LogP contribution in [0.3, 0.4) is 0 Å². The Hall–Kier alpha value is -1.39. The second-order valence-electron chi connectivity index (χ2n) is 5.32. The van der Waals surface area contributed by atoms with Gasteiger partial charge in [-0.2, -0.15) is 0 Å². The van der Waals surface area contributed by atoms with E-state index in [1.807, 2.05) is 19.1 Å². The number of hydrogen-bond acceptors (Lipinski definition) is 4. The van der Waals surface area contributed by atoms with Gasteiger partial charge in [-0.15, -0.1) is 0 Å². The van der Waals surface area contributed by atoms with Gasteiger partial charge in [-0.25, -0.2) is 0 Å². The Kier molecular flexibility index (Phi) is 6.21. The summed E-state index contributed by atoms with van der Waals surface area (Å²) < 4.78 is 17.0. The van der Waals surface area contributed by atoms with Gasteiger partial charge < -0.3 is 14.2 Å². The van der Waals surface area contributed by atoms with Gasteiger partial charge in [0.05, 0.1) is 25.9 Å². The Morgan fingerprint density at radius 3 is 2.90 bits per heavy atom. The molecule has 1 fully saturated rings. The molecule has 0 aromatic heterocycles. The highest BCUT2D eigenvalue weighted by atomic mass is 16.5. The Labute approximate surface area is 126 Å². The van der Waals surface area contributed by atoms with Crippen LogP contribution in [0.25, 0.3) is 0 Å². The summed E-state index contributed by atoms with van der Waals surface area (Å²) in [7, 11) is 0. The Morgan fingerprint density at radius 1 is 1.38 bits per heavy atom. The fourth-order valence-corrected chi connectivity index (χ4v) is 2.45. The molecule has 0 N–H and O–H groups in total. The molecule has 116 valence electrons. The van der Waals surface area contributed by atoms with Crippen LogP contribution < -0.4 is 4.74 Å². The van der Waals surface area contributed by atoms with E-state index in [1.165, 1.54) is 6.42 Å². The first-order valence-electron chi connectivity index (χ1n) is 7.66. The average Bonchev–Trinajstić information content (AvgIpc) is 2.50. The molecule has 1 aromatic rings. The van der Waals surface area contributed by atoms with E-state index in [0.717, 1.165) is 30.8 Å². The van der Waals surface area contributed by atoms with Crippen molar-refractivity contribution in [1.82, 2.24) is 0 Å². The molecule has 1 unspecified atom stereocenters. The van der Waals surface area contributed by atoms with Gasteiger partial charge >= 0.3 is 0 Å². The smallest absolute Gasteiger partial charge is 0.159 e. The number of carbonyl (C=O) groups excluding carboxylic acids is 1. The molecule has 0 saturated carbocycles. The summed E-state index contributed by atoms with van der Waals surface area (Å²) in [4.78, 5) is 11.5. The van der Waals surface area contributed by atoms with Crippen molar-refractivity contribution in [2.75, 3.05) is 19.8 Å². The van der Waals surface area contributed by atoms with Gasteiger partial charge in [0.25, 0.3) is 0 Å². The SMILES string of the molecule is CCOc1ccc(C(C)=O)cc1COCC1CCCCO1. The third-order valence-electron chi connectivity index (χ3n) is 3.60. The first kappa shape index (κ1) is 16.0. The molecule has 2 rings (SSSR count). The zero-order valence-corrected chi connectivity index (χ0v) is 12.9. The first-order valence-corrected chi connectivity index (χ1v) is 7.66. The van der Waals surface area contributed by atoms with Crippen molar-refractivity contribution in [3.05, 3.63) is 29.3 Å². The first-order chi connectivity index (χ1) is 10.2. The summed E-state index contributed by atoms with van der Waals surface area (Å²) in [5, 5.41) is 0. The van der Waals surface area contributed by atoms with Crippen LogP contribution in [0.4, 0.5) is 0 Å². The number of hydrogen-bond donors (Lipinski definition) is 0. The normalized spacial score (nSPS) is 18.5.